The third kappa shape index (κ3) is 6.80. The van der Waals surface area contributed by atoms with Gasteiger partial charge in [-0.2, -0.15) is 0 Å². The number of aryl methyl sites for hydroxylation is 1. The van der Waals surface area contributed by atoms with E-state index in [1.165, 1.54) is 11.8 Å². The number of nitrogens with zero attached hydrogens (tertiary/aromatic N) is 3. The maximum atomic E-state index is 13.0. The van der Waals surface area contributed by atoms with Crippen LogP contribution in [-0.2, 0) is 27.3 Å². The van der Waals surface area contributed by atoms with Crippen molar-refractivity contribution < 1.29 is 14.3 Å². The standard InChI is InChI=1S/C23H33N5O3S/c1-3-8-19(17-9-5-4-6-10-17)25-22(30)16(2)32-23-27-26-21(13-12-20(24)29)28(23)15-18-11-7-14-31-18/h4-6,9-10,16,18-19H,3,7-8,11-15H2,1-2H3,(H2,24,29)(H,25,30). The topological polar surface area (TPSA) is 112 Å². The predicted octanol–water partition coefficient (Wildman–Crippen LogP) is 3.01. The van der Waals surface area contributed by atoms with E-state index in [9.17, 15) is 9.59 Å². The molecule has 3 rings (SSSR count). The lowest BCUT2D eigenvalue weighted by atomic mass is 10.0. The Labute approximate surface area is 193 Å². The van der Waals surface area contributed by atoms with Crippen molar-refractivity contribution in [3.8, 4) is 0 Å². The largest absolute Gasteiger partial charge is 0.376 e. The number of carbonyl (C=O) groups excluding carboxylic acids is 2. The highest BCUT2D eigenvalue weighted by atomic mass is 32.2. The monoisotopic (exact) mass is 459 g/mol. The molecular formula is C23H33N5O3S. The summed E-state index contributed by atoms with van der Waals surface area (Å²) in [4.78, 5) is 24.3. The second-order valence-corrected chi connectivity index (χ2v) is 9.44. The average Bonchev–Trinajstić information content (AvgIpc) is 3.43. The molecule has 0 bridgehead atoms. The van der Waals surface area contributed by atoms with Crippen LogP contribution in [0.3, 0.4) is 0 Å². The molecule has 3 atom stereocenters. The number of nitrogens with one attached hydrogen (secondary N) is 1. The molecule has 9 heteroatoms. The van der Waals surface area contributed by atoms with Gasteiger partial charge in [0.15, 0.2) is 5.16 Å². The number of nitrogens with two attached hydrogens (primary N) is 1. The number of amides is 2. The van der Waals surface area contributed by atoms with Crippen LogP contribution in [0.5, 0.6) is 0 Å². The first kappa shape index (κ1) is 24.3. The molecule has 1 aromatic heterocycles. The third-order valence-corrected chi connectivity index (χ3v) is 6.63. The lowest BCUT2D eigenvalue weighted by Crippen LogP contribution is -2.34. The van der Waals surface area contributed by atoms with Crippen LogP contribution in [0, 0.1) is 0 Å². The van der Waals surface area contributed by atoms with Gasteiger partial charge in [0.05, 0.1) is 23.9 Å². The zero-order valence-electron chi connectivity index (χ0n) is 18.8. The number of hydrogen-bond donors (Lipinski definition) is 2. The number of benzene rings is 1. The number of ether oxygens (including phenoxy) is 1. The molecule has 3 N–H and O–H groups in total. The van der Waals surface area contributed by atoms with Crippen LogP contribution >= 0.6 is 11.8 Å². The Bertz CT molecular complexity index is 883. The molecule has 0 saturated carbocycles. The van der Waals surface area contributed by atoms with Crippen LogP contribution in [0.2, 0.25) is 0 Å². The van der Waals surface area contributed by atoms with Crippen LogP contribution in [0.25, 0.3) is 0 Å². The number of primary amides is 1. The van der Waals surface area contributed by atoms with Crippen LogP contribution < -0.4 is 11.1 Å². The molecule has 174 valence electrons. The van der Waals surface area contributed by atoms with E-state index in [-0.39, 0.29) is 35.6 Å². The first-order chi connectivity index (χ1) is 15.5. The molecule has 1 aliphatic heterocycles. The third-order valence-electron chi connectivity index (χ3n) is 5.55. The first-order valence-electron chi connectivity index (χ1n) is 11.3. The maximum Gasteiger partial charge on any atom is 0.233 e. The van der Waals surface area contributed by atoms with Gasteiger partial charge >= 0.3 is 0 Å². The highest BCUT2D eigenvalue weighted by Crippen LogP contribution is 2.26. The summed E-state index contributed by atoms with van der Waals surface area (Å²) in [6.07, 6.45) is 4.57. The SMILES string of the molecule is CCCC(NC(=O)C(C)Sc1nnc(CCC(N)=O)n1CC1CCCO1)c1ccccc1. The van der Waals surface area contributed by atoms with Gasteiger partial charge in [0.2, 0.25) is 11.8 Å². The predicted molar refractivity (Wildman–Crippen MR) is 124 cm³/mol. The van der Waals surface area contributed by atoms with Crippen molar-refractivity contribution >= 4 is 23.6 Å². The molecule has 2 heterocycles. The molecular weight excluding hydrogens is 426 g/mol. The van der Waals surface area contributed by atoms with Crippen LogP contribution in [0.1, 0.15) is 63.4 Å². The number of aromatic nitrogens is 3. The first-order valence-corrected chi connectivity index (χ1v) is 12.2. The second kappa shape index (κ2) is 12.0. The lowest BCUT2D eigenvalue weighted by molar-refractivity contribution is -0.121. The summed E-state index contributed by atoms with van der Waals surface area (Å²) in [6.45, 7) is 5.35. The van der Waals surface area contributed by atoms with E-state index in [4.69, 9.17) is 10.5 Å². The summed E-state index contributed by atoms with van der Waals surface area (Å²) in [5, 5.41) is 12.1. The molecule has 0 spiro atoms. The van der Waals surface area contributed by atoms with Crippen molar-refractivity contribution in [2.24, 2.45) is 5.73 Å². The van der Waals surface area contributed by atoms with E-state index < -0.39 is 0 Å². The summed E-state index contributed by atoms with van der Waals surface area (Å²) in [7, 11) is 0. The van der Waals surface area contributed by atoms with Crippen LogP contribution in [-0.4, -0.2) is 44.5 Å². The van der Waals surface area contributed by atoms with Crippen molar-refractivity contribution in [1.82, 2.24) is 20.1 Å². The number of rotatable bonds is 12. The van der Waals surface area contributed by atoms with Gasteiger partial charge in [-0.05, 0) is 31.7 Å². The molecule has 1 saturated heterocycles. The smallest absolute Gasteiger partial charge is 0.233 e. The van der Waals surface area contributed by atoms with Gasteiger partial charge in [-0.15, -0.1) is 10.2 Å². The summed E-state index contributed by atoms with van der Waals surface area (Å²) in [5.41, 5.74) is 6.43. The molecule has 2 amide bonds. The molecule has 1 aromatic carbocycles. The van der Waals surface area contributed by atoms with Gasteiger partial charge < -0.3 is 20.4 Å². The summed E-state index contributed by atoms with van der Waals surface area (Å²) < 4.78 is 7.77. The molecule has 2 aromatic rings. The highest BCUT2D eigenvalue weighted by molar-refractivity contribution is 8.00. The molecule has 0 radical (unpaired) electrons. The lowest BCUT2D eigenvalue weighted by Gasteiger charge is -2.21. The zero-order chi connectivity index (χ0) is 22.9. The fourth-order valence-corrected chi connectivity index (χ4v) is 4.68. The minimum absolute atomic E-state index is 0.0207. The quantitative estimate of drug-likeness (QED) is 0.472. The van der Waals surface area contributed by atoms with Crippen molar-refractivity contribution in [3.63, 3.8) is 0 Å². The van der Waals surface area contributed by atoms with Gasteiger partial charge in [-0.25, -0.2) is 0 Å². The Hall–Kier alpha value is -2.39. The Morgan fingerprint density at radius 2 is 2.09 bits per heavy atom. The van der Waals surface area contributed by atoms with E-state index in [1.807, 2.05) is 41.8 Å². The van der Waals surface area contributed by atoms with Gasteiger partial charge in [0.1, 0.15) is 5.82 Å². The Morgan fingerprint density at radius 1 is 1.31 bits per heavy atom. The van der Waals surface area contributed by atoms with E-state index in [0.29, 0.717) is 23.9 Å². The molecule has 1 aliphatic rings. The molecule has 1 fully saturated rings. The van der Waals surface area contributed by atoms with Crippen LogP contribution in [0.4, 0.5) is 0 Å². The van der Waals surface area contributed by atoms with Crippen LogP contribution in [0.15, 0.2) is 35.5 Å². The molecule has 32 heavy (non-hydrogen) atoms. The van der Waals surface area contributed by atoms with Gasteiger partial charge in [0, 0.05) is 19.4 Å². The molecule has 8 nitrogen and oxygen atoms in total. The summed E-state index contributed by atoms with van der Waals surface area (Å²) >= 11 is 1.38. The second-order valence-electron chi connectivity index (χ2n) is 8.13. The number of hydrogen-bond acceptors (Lipinski definition) is 6. The van der Waals surface area contributed by atoms with E-state index in [2.05, 4.69) is 22.4 Å². The Morgan fingerprint density at radius 3 is 2.75 bits per heavy atom. The van der Waals surface area contributed by atoms with E-state index >= 15 is 0 Å². The van der Waals surface area contributed by atoms with E-state index in [1.54, 1.807) is 0 Å². The average molecular weight is 460 g/mol. The normalized spacial score (nSPS) is 17.8. The summed E-state index contributed by atoms with van der Waals surface area (Å²) in [5.74, 6) is 0.284. The fraction of sp³-hybridized carbons (Fsp3) is 0.565. The van der Waals surface area contributed by atoms with Crippen molar-refractivity contribution in [2.75, 3.05) is 6.61 Å². The summed E-state index contributed by atoms with van der Waals surface area (Å²) in [6, 6.07) is 10.0. The van der Waals surface area contributed by atoms with Crippen molar-refractivity contribution in [2.45, 2.75) is 81.5 Å². The van der Waals surface area contributed by atoms with Crippen molar-refractivity contribution in [1.29, 1.82) is 0 Å². The number of thioether (sulfide) groups is 1. The zero-order valence-corrected chi connectivity index (χ0v) is 19.6. The molecule has 3 unspecified atom stereocenters. The van der Waals surface area contributed by atoms with E-state index in [0.717, 1.165) is 37.9 Å². The van der Waals surface area contributed by atoms with Gasteiger partial charge in [-0.3, -0.25) is 9.59 Å². The Balaban J connectivity index is 1.70. The van der Waals surface area contributed by atoms with Gasteiger partial charge in [-0.1, -0.05) is 55.4 Å². The molecule has 0 aliphatic carbocycles. The highest BCUT2D eigenvalue weighted by Gasteiger charge is 2.25. The van der Waals surface area contributed by atoms with Gasteiger partial charge in [0.25, 0.3) is 0 Å². The maximum absolute atomic E-state index is 13.0. The Kier molecular flexibility index (Phi) is 9.11. The number of carbonyl (C=O) groups is 2. The minimum atomic E-state index is -0.374. The minimum Gasteiger partial charge on any atom is -0.376 e. The van der Waals surface area contributed by atoms with Crippen molar-refractivity contribution in [3.05, 3.63) is 41.7 Å². The fourth-order valence-electron chi connectivity index (χ4n) is 3.80.